The Balaban J connectivity index is 1.51. The van der Waals surface area contributed by atoms with E-state index in [1.165, 1.54) is 19.2 Å². The molecule has 3 aromatic carbocycles. The summed E-state index contributed by atoms with van der Waals surface area (Å²) in [7, 11) is 1.27. The number of hydrogen-bond donors (Lipinski definition) is 3. The number of nitrogens with zero attached hydrogens (tertiary/aromatic N) is 1. The van der Waals surface area contributed by atoms with Crippen LogP contribution in [0.2, 0.25) is 0 Å². The van der Waals surface area contributed by atoms with E-state index in [1.54, 1.807) is 54.6 Å². The lowest BCUT2D eigenvalue weighted by Gasteiger charge is -2.07. The van der Waals surface area contributed by atoms with Crippen LogP contribution in [-0.2, 0) is 4.74 Å². The quantitative estimate of drug-likeness (QED) is 0.455. The molecule has 0 spiro atoms. The number of methoxy groups -OCH3 is 1. The van der Waals surface area contributed by atoms with E-state index in [4.69, 9.17) is 0 Å². The lowest BCUT2D eigenvalue weighted by molar-refractivity contribution is 0.102. The highest BCUT2D eigenvalue weighted by Gasteiger charge is 2.10. The molecule has 0 saturated carbocycles. The van der Waals surface area contributed by atoms with E-state index in [1.807, 2.05) is 0 Å². The van der Waals surface area contributed by atoms with Crippen molar-refractivity contribution in [3.63, 3.8) is 0 Å². The first-order valence-corrected chi connectivity index (χ1v) is 9.04. The summed E-state index contributed by atoms with van der Waals surface area (Å²) < 4.78 is 18.0. The lowest BCUT2D eigenvalue weighted by Crippen LogP contribution is -2.13. The summed E-state index contributed by atoms with van der Waals surface area (Å²) in [5.41, 5.74) is 3.57. The van der Waals surface area contributed by atoms with Crippen LogP contribution < -0.4 is 10.6 Å². The monoisotopic (exact) mass is 404 g/mol. The molecule has 0 saturated heterocycles. The largest absolute Gasteiger partial charge is 0.453 e. The Hall–Kier alpha value is -4.20. The number of aromatic nitrogens is 2. The Labute approximate surface area is 170 Å². The summed E-state index contributed by atoms with van der Waals surface area (Å²) >= 11 is 0. The zero-order valence-corrected chi connectivity index (χ0v) is 15.9. The minimum atomic E-state index is -0.585. The number of imidazole rings is 1. The molecular formula is C22H17FN4O3. The van der Waals surface area contributed by atoms with Crippen LogP contribution in [0.1, 0.15) is 10.4 Å². The molecule has 0 unspecified atom stereocenters. The van der Waals surface area contributed by atoms with Gasteiger partial charge in [0.05, 0.1) is 18.1 Å². The Morgan fingerprint density at radius 2 is 1.73 bits per heavy atom. The average molecular weight is 404 g/mol. The molecule has 0 atom stereocenters. The second kappa shape index (κ2) is 8.04. The van der Waals surface area contributed by atoms with Crippen LogP contribution in [0, 0.1) is 5.82 Å². The third kappa shape index (κ3) is 4.12. The Kier molecular flexibility index (Phi) is 5.13. The summed E-state index contributed by atoms with van der Waals surface area (Å²) in [4.78, 5) is 31.3. The van der Waals surface area contributed by atoms with E-state index in [0.29, 0.717) is 39.4 Å². The molecule has 1 heterocycles. The Bertz CT molecular complexity index is 1230. The summed E-state index contributed by atoms with van der Waals surface area (Å²) in [6, 6.07) is 17.8. The van der Waals surface area contributed by atoms with Crippen molar-refractivity contribution < 1.29 is 18.7 Å². The fraction of sp³-hybridized carbons (Fsp3) is 0.0455. The molecule has 3 N–H and O–H groups in total. The van der Waals surface area contributed by atoms with Crippen molar-refractivity contribution in [3.8, 4) is 11.4 Å². The van der Waals surface area contributed by atoms with Crippen LogP contribution in [0.4, 0.5) is 20.6 Å². The molecule has 0 aliphatic heterocycles. The molecule has 0 bridgehead atoms. The van der Waals surface area contributed by atoms with Crippen LogP contribution in [0.5, 0.6) is 0 Å². The molecular weight excluding hydrogens is 387 g/mol. The maximum absolute atomic E-state index is 13.5. The van der Waals surface area contributed by atoms with E-state index >= 15 is 0 Å². The molecule has 0 radical (unpaired) electrons. The van der Waals surface area contributed by atoms with Gasteiger partial charge in [0.15, 0.2) is 0 Å². The molecule has 0 aliphatic carbocycles. The third-order valence-electron chi connectivity index (χ3n) is 4.42. The molecule has 4 rings (SSSR count). The molecule has 8 heteroatoms. The molecule has 30 heavy (non-hydrogen) atoms. The molecule has 2 amide bonds. The number of rotatable bonds is 4. The van der Waals surface area contributed by atoms with E-state index in [9.17, 15) is 14.0 Å². The van der Waals surface area contributed by atoms with Gasteiger partial charge in [0.1, 0.15) is 11.6 Å². The van der Waals surface area contributed by atoms with Crippen molar-refractivity contribution in [2.45, 2.75) is 0 Å². The van der Waals surface area contributed by atoms with Crippen molar-refractivity contribution >= 4 is 34.4 Å². The highest BCUT2D eigenvalue weighted by molar-refractivity contribution is 6.05. The number of carbonyl (C=O) groups is 2. The van der Waals surface area contributed by atoms with Gasteiger partial charge in [0.2, 0.25) is 0 Å². The van der Waals surface area contributed by atoms with E-state index < -0.39 is 6.09 Å². The fourth-order valence-electron chi connectivity index (χ4n) is 2.94. The average Bonchev–Trinajstić information content (AvgIpc) is 3.17. The minimum absolute atomic E-state index is 0.302. The molecule has 7 nitrogen and oxygen atoms in total. The van der Waals surface area contributed by atoms with Crippen molar-refractivity contribution in [2.24, 2.45) is 0 Å². The summed E-state index contributed by atoms with van der Waals surface area (Å²) in [6.45, 7) is 0. The lowest BCUT2D eigenvalue weighted by atomic mass is 10.2. The Morgan fingerprint density at radius 3 is 2.47 bits per heavy atom. The number of fused-ring (bicyclic) bond motifs is 1. The number of nitrogens with one attached hydrogen (secondary N) is 3. The van der Waals surface area contributed by atoms with Gasteiger partial charge in [-0.15, -0.1) is 0 Å². The molecule has 0 aliphatic rings. The zero-order valence-electron chi connectivity index (χ0n) is 15.9. The number of halogens is 1. The van der Waals surface area contributed by atoms with Gasteiger partial charge in [0.25, 0.3) is 5.91 Å². The van der Waals surface area contributed by atoms with Gasteiger partial charge in [-0.1, -0.05) is 12.1 Å². The van der Waals surface area contributed by atoms with Crippen LogP contribution in [0.15, 0.2) is 66.7 Å². The summed E-state index contributed by atoms with van der Waals surface area (Å²) in [5.74, 6) is -0.0979. The van der Waals surface area contributed by atoms with Crippen molar-refractivity contribution in [1.82, 2.24) is 9.97 Å². The number of ether oxygens (including phenoxy) is 1. The molecule has 150 valence electrons. The highest BCUT2D eigenvalue weighted by atomic mass is 19.1. The first-order chi connectivity index (χ1) is 14.5. The number of aromatic amines is 1. The van der Waals surface area contributed by atoms with Crippen molar-refractivity contribution in [1.29, 1.82) is 0 Å². The SMILES string of the molecule is COC(=O)Nc1ccc(C(=O)Nc2ccc3nc(-c4cccc(F)c4)[nH]c3c2)cc1. The van der Waals surface area contributed by atoms with E-state index in [0.717, 1.165) is 0 Å². The van der Waals surface area contributed by atoms with Crippen LogP contribution in [-0.4, -0.2) is 29.1 Å². The zero-order chi connectivity index (χ0) is 21.1. The van der Waals surface area contributed by atoms with Gasteiger partial charge in [-0.05, 0) is 54.6 Å². The fourth-order valence-corrected chi connectivity index (χ4v) is 2.94. The summed E-state index contributed by atoms with van der Waals surface area (Å²) in [5, 5.41) is 5.34. The van der Waals surface area contributed by atoms with Crippen molar-refractivity contribution in [3.05, 3.63) is 78.1 Å². The first-order valence-electron chi connectivity index (χ1n) is 9.04. The predicted molar refractivity (Wildman–Crippen MR) is 112 cm³/mol. The highest BCUT2D eigenvalue weighted by Crippen LogP contribution is 2.24. The maximum atomic E-state index is 13.5. The first kappa shape index (κ1) is 19.1. The van der Waals surface area contributed by atoms with Crippen LogP contribution in [0.25, 0.3) is 22.4 Å². The maximum Gasteiger partial charge on any atom is 0.411 e. The number of anilines is 2. The smallest absolute Gasteiger partial charge is 0.411 e. The van der Waals surface area contributed by atoms with Gasteiger partial charge in [-0.2, -0.15) is 0 Å². The van der Waals surface area contributed by atoms with E-state index in [2.05, 4.69) is 25.3 Å². The van der Waals surface area contributed by atoms with Gasteiger partial charge in [-0.25, -0.2) is 14.2 Å². The standard InChI is InChI=1S/C22H17FN4O3/c1-30-22(29)25-16-7-5-13(6-8-16)21(28)24-17-9-10-18-19(12-17)27-20(26-18)14-3-2-4-15(23)11-14/h2-12H,1H3,(H,24,28)(H,25,29)(H,26,27). The van der Waals surface area contributed by atoms with Gasteiger partial charge < -0.3 is 15.0 Å². The topological polar surface area (TPSA) is 96.1 Å². The number of H-pyrrole nitrogens is 1. The summed E-state index contributed by atoms with van der Waals surface area (Å²) in [6.07, 6.45) is -0.585. The second-order valence-corrected chi connectivity index (χ2v) is 6.48. The van der Waals surface area contributed by atoms with Gasteiger partial charge in [-0.3, -0.25) is 10.1 Å². The van der Waals surface area contributed by atoms with Crippen LogP contribution in [0.3, 0.4) is 0 Å². The third-order valence-corrected chi connectivity index (χ3v) is 4.42. The molecule has 1 aromatic heterocycles. The van der Waals surface area contributed by atoms with Gasteiger partial charge in [0, 0.05) is 22.5 Å². The minimum Gasteiger partial charge on any atom is -0.453 e. The number of hydrogen-bond acceptors (Lipinski definition) is 4. The van der Waals surface area contributed by atoms with E-state index in [-0.39, 0.29) is 11.7 Å². The number of carbonyl (C=O) groups excluding carboxylic acids is 2. The Morgan fingerprint density at radius 1 is 0.967 bits per heavy atom. The normalized spacial score (nSPS) is 10.6. The second-order valence-electron chi connectivity index (χ2n) is 6.48. The molecule has 4 aromatic rings. The van der Waals surface area contributed by atoms with Crippen LogP contribution >= 0.6 is 0 Å². The predicted octanol–water partition coefficient (Wildman–Crippen LogP) is 4.80. The molecule has 0 fully saturated rings. The number of amides is 2. The number of benzene rings is 3. The van der Waals surface area contributed by atoms with Gasteiger partial charge >= 0.3 is 6.09 Å². The van der Waals surface area contributed by atoms with Crippen molar-refractivity contribution in [2.75, 3.05) is 17.7 Å².